The highest BCUT2D eigenvalue weighted by Crippen LogP contribution is 2.46. The Morgan fingerprint density at radius 3 is 2.65 bits per heavy atom. The number of rotatable bonds is 1. The molecule has 1 aromatic heterocycles. The van der Waals surface area contributed by atoms with E-state index in [-0.39, 0.29) is 21.6 Å². The van der Waals surface area contributed by atoms with Crippen molar-refractivity contribution in [2.24, 2.45) is 0 Å². The number of hydrogen-bond donors (Lipinski definition) is 2. The second-order valence-corrected chi connectivity index (χ2v) is 6.90. The van der Waals surface area contributed by atoms with Crippen LogP contribution in [0.4, 0.5) is 0 Å². The zero-order valence-corrected chi connectivity index (χ0v) is 13.0. The summed E-state index contributed by atoms with van der Waals surface area (Å²) in [7, 11) is -1.41. The average molecular weight is 346 g/mol. The van der Waals surface area contributed by atoms with Gasteiger partial charge in [-0.1, -0.05) is 29.8 Å². The molecule has 0 bridgehead atoms. The number of aromatic amines is 1. The van der Waals surface area contributed by atoms with Gasteiger partial charge in [0.15, 0.2) is 5.43 Å². The molecule has 1 unspecified atom stereocenters. The van der Waals surface area contributed by atoms with Gasteiger partial charge in [-0.25, -0.2) is 9.00 Å². The van der Waals surface area contributed by atoms with Crippen LogP contribution in [0.15, 0.2) is 51.0 Å². The van der Waals surface area contributed by atoms with E-state index in [0.29, 0.717) is 15.4 Å². The van der Waals surface area contributed by atoms with Crippen LogP contribution in [-0.2, 0) is 10.8 Å². The highest BCUT2D eigenvalue weighted by atomic mass is 35.5. The van der Waals surface area contributed by atoms with E-state index in [1.165, 1.54) is 6.07 Å². The van der Waals surface area contributed by atoms with Gasteiger partial charge in [0.1, 0.15) is 5.69 Å². The number of carboxylic acid groups (broad SMARTS) is 1. The third kappa shape index (κ3) is 1.89. The fraction of sp³-hybridized carbons (Fsp3) is 0. The molecule has 2 heterocycles. The zero-order valence-electron chi connectivity index (χ0n) is 11.4. The van der Waals surface area contributed by atoms with E-state index in [9.17, 15) is 13.8 Å². The van der Waals surface area contributed by atoms with Crippen molar-refractivity contribution in [3.63, 3.8) is 0 Å². The second kappa shape index (κ2) is 4.78. The Bertz CT molecular complexity index is 1100. The van der Waals surface area contributed by atoms with E-state index in [1.54, 1.807) is 18.2 Å². The number of aromatic nitrogens is 1. The highest BCUT2D eigenvalue weighted by Gasteiger charge is 2.29. The zero-order chi connectivity index (χ0) is 16.3. The Balaban J connectivity index is 2.18. The standard InChI is InChI=1S/C16H8ClNO4S/c17-14-13-7-3-1-2-4-11(7)23(22)12(13)5-8-10(19)6-9(16(20)21)18-15(8)14/h1-6H,(H,18,19)(H,20,21). The summed E-state index contributed by atoms with van der Waals surface area (Å²) in [6.07, 6.45) is 0. The van der Waals surface area contributed by atoms with E-state index < -0.39 is 22.2 Å². The Labute approximate surface area is 137 Å². The fourth-order valence-corrected chi connectivity index (χ4v) is 4.63. The number of carboxylic acids is 1. The fourth-order valence-electron chi connectivity index (χ4n) is 2.79. The van der Waals surface area contributed by atoms with Crippen LogP contribution >= 0.6 is 11.6 Å². The van der Waals surface area contributed by atoms with Crippen LogP contribution < -0.4 is 5.43 Å². The van der Waals surface area contributed by atoms with Crippen molar-refractivity contribution in [2.45, 2.75) is 9.79 Å². The van der Waals surface area contributed by atoms with Gasteiger partial charge < -0.3 is 10.1 Å². The second-order valence-electron chi connectivity index (χ2n) is 5.10. The normalized spacial score (nSPS) is 15.4. The third-order valence-electron chi connectivity index (χ3n) is 3.82. The molecule has 0 aliphatic carbocycles. The van der Waals surface area contributed by atoms with Gasteiger partial charge >= 0.3 is 5.97 Å². The van der Waals surface area contributed by atoms with Crippen molar-refractivity contribution in [1.82, 2.24) is 4.98 Å². The summed E-state index contributed by atoms with van der Waals surface area (Å²) >= 11 is 6.43. The molecular formula is C16H8ClNO4S. The lowest BCUT2D eigenvalue weighted by Gasteiger charge is -2.08. The topological polar surface area (TPSA) is 87.2 Å². The quantitative estimate of drug-likeness (QED) is 0.555. The molecule has 1 aliphatic rings. The first-order valence-electron chi connectivity index (χ1n) is 6.63. The molecule has 0 spiro atoms. The summed E-state index contributed by atoms with van der Waals surface area (Å²) < 4.78 is 12.6. The lowest BCUT2D eigenvalue weighted by Crippen LogP contribution is -2.10. The van der Waals surface area contributed by atoms with E-state index >= 15 is 0 Å². The number of fused-ring (bicyclic) bond motifs is 4. The summed E-state index contributed by atoms with van der Waals surface area (Å²) in [6.45, 7) is 0. The molecular weight excluding hydrogens is 338 g/mol. The van der Waals surface area contributed by atoms with Crippen molar-refractivity contribution in [3.8, 4) is 11.1 Å². The predicted octanol–water partition coefficient (Wildman–Crippen LogP) is 3.03. The molecule has 0 fully saturated rings. The molecule has 0 saturated heterocycles. The number of H-pyrrole nitrogens is 1. The van der Waals surface area contributed by atoms with Gasteiger partial charge in [0, 0.05) is 22.6 Å². The molecule has 0 radical (unpaired) electrons. The Morgan fingerprint density at radius 1 is 1.17 bits per heavy atom. The largest absolute Gasteiger partial charge is 0.477 e. The molecule has 4 rings (SSSR count). The first-order chi connectivity index (χ1) is 11.0. The van der Waals surface area contributed by atoms with E-state index in [4.69, 9.17) is 16.7 Å². The molecule has 0 saturated carbocycles. The molecule has 0 amide bonds. The van der Waals surface area contributed by atoms with Gasteiger partial charge in [-0.05, 0) is 12.1 Å². The Hall–Kier alpha value is -2.44. The van der Waals surface area contributed by atoms with Crippen molar-refractivity contribution < 1.29 is 14.1 Å². The number of pyridine rings is 1. The molecule has 3 aromatic rings. The van der Waals surface area contributed by atoms with Gasteiger partial charge in [0.05, 0.1) is 31.1 Å². The van der Waals surface area contributed by atoms with Crippen molar-refractivity contribution >= 4 is 39.3 Å². The summed E-state index contributed by atoms with van der Waals surface area (Å²) in [4.78, 5) is 27.1. The average Bonchev–Trinajstić information content (AvgIpc) is 2.82. The van der Waals surface area contributed by atoms with Crippen molar-refractivity contribution in [2.75, 3.05) is 0 Å². The summed E-state index contributed by atoms with van der Waals surface area (Å²) in [5.74, 6) is -1.25. The SMILES string of the molecule is O=C(O)c1cc(=O)c2cc3c(c(Cl)c2[nH]1)-c1ccccc1S3=O. The summed E-state index contributed by atoms with van der Waals surface area (Å²) in [5.41, 5.74) is 0.829. The number of benzene rings is 2. The first kappa shape index (κ1) is 14.2. The molecule has 1 aliphatic heterocycles. The molecule has 1 atom stereocenters. The van der Waals surface area contributed by atoms with Gasteiger partial charge in [0.2, 0.25) is 0 Å². The van der Waals surface area contributed by atoms with Gasteiger partial charge in [-0.15, -0.1) is 0 Å². The molecule has 114 valence electrons. The molecule has 2 aromatic carbocycles. The number of hydrogen-bond acceptors (Lipinski definition) is 3. The molecule has 2 N–H and O–H groups in total. The van der Waals surface area contributed by atoms with Gasteiger partial charge in [-0.2, -0.15) is 0 Å². The maximum Gasteiger partial charge on any atom is 0.352 e. The van der Waals surface area contributed by atoms with Crippen LogP contribution in [0.5, 0.6) is 0 Å². The Morgan fingerprint density at radius 2 is 1.91 bits per heavy atom. The molecule has 5 nitrogen and oxygen atoms in total. The number of aromatic carboxylic acids is 1. The molecule has 23 heavy (non-hydrogen) atoms. The van der Waals surface area contributed by atoms with Crippen LogP contribution in [0.25, 0.3) is 22.0 Å². The van der Waals surface area contributed by atoms with Crippen LogP contribution in [-0.4, -0.2) is 20.3 Å². The predicted molar refractivity (Wildman–Crippen MR) is 86.6 cm³/mol. The van der Waals surface area contributed by atoms with E-state index in [2.05, 4.69) is 4.98 Å². The minimum absolute atomic E-state index is 0.205. The molecule has 7 heteroatoms. The third-order valence-corrected chi connectivity index (χ3v) is 5.67. The lowest BCUT2D eigenvalue weighted by molar-refractivity contribution is 0.0691. The lowest BCUT2D eigenvalue weighted by atomic mass is 10.0. The van der Waals surface area contributed by atoms with Crippen LogP contribution in [0.3, 0.4) is 0 Å². The smallest absolute Gasteiger partial charge is 0.352 e. The van der Waals surface area contributed by atoms with Crippen molar-refractivity contribution in [1.29, 1.82) is 0 Å². The maximum absolute atomic E-state index is 12.6. The number of carbonyl (C=O) groups is 1. The van der Waals surface area contributed by atoms with Crippen LogP contribution in [0, 0.1) is 0 Å². The monoisotopic (exact) mass is 345 g/mol. The number of halogens is 1. The van der Waals surface area contributed by atoms with Crippen LogP contribution in [0.2, 0.25) is 5.02 Å². The summed E-state index contributed by atoms with van der Waals surface area (Å²) in [6, 6.07) is 9.66. The maximum atomic E-state index is 12.6. The minimum Gasteiger partial charge on any atom is -0.477 e. The minimum atomic E-state index is -1.41. The first-order valence-corrected chi connectivity index (χ1v) is 8.16. The summed E-state index contributed by atoms with van der Waals surface area (Å²) in [5, 5.41) is 9.52. The van der Waals surface area contributed by atoms with Crippen LogP contribution in [0.1, 0.15) is 10.5 Å². The number of nitrogens with one attached hydrogen (secondary N) is 1. The van der Waals surface area contributed by atoms with Gasteiger partial charge in [-0.3, -0.25) is 4.79 Å². The van der Waals surface area contributed by atoms with E-state index in [1.807, 2.05) is 6.07 Å². The van der Waals surface area contributed by atoms with Crippen molar-refractivity contribution in [3.05, 3.63) is 57.3 Å². The van der Waals surface area contributed by atoms with E-state index in [0.717, 1.165) is 11.6 Å². The van der Waals surface area contributed by atoms with Gasteiger partial charge in [0.25, 0.3) is 0 Å². The Kier molecular flexibility index (Phi) is 2.94. The highest BCUT2D eigenvalue weighted by molar-refractivity contribution is 7.85.